The summed E-state index contributed by atoms with van der Waals surface area (Å²) in [7, 11) is -11.5. The first-order valence-electron chi connectivity index (χ1n) is 45.4. The van der Waals surface area contributed by atoms with E-state index in [9.17, 15) is 92.7 Å². The number of nitrogens with two attached hydrogens (primary N) is 1. The third-order valence-electron chi connectivity index (χ3n) is 22.0. The number of hydrogen-bond donors (Lipinski definition) is 16. The van der Waals surface area contributed by atoms with Crippen molar-refractivity contribution in [1.29, 1.82) is 0 Å². The molecular weight excluding hydrogens is 1720 g/mol. The Labute approximate surface area is 770 Å². The van der Waals surface area contributed by atoms with Gasteiger partial charge in [-0.1, -0.05) is 128 Å². The predicted molar refractivity (Wildman–Crippen MR) is 499 cm³/mol. The number of aliphatic carboxylic acids is 2. The molecule has 2 rings (SSSR count). The van der Waals surface area contributed by atoms with Crippen LogP contribution < -0.4 is 43.0 Å². The van der Waals surface area contributed by atoms with E-state index in [2.05, 4.69) is 172 Å². The molecule has 2 aliphatic rings. The number of amides is 7. The number of carboxylic acids is 2. The molecule has 18 atom stereocenters. The quantitative estimate of drug-likeness (QED) is 0.0153. The smallest absolute Gasteiger partial charge is 0.481 e. The van der Waals surface area contributed by atoms with Crippen molar-refractivity contribution in [2.75, 3.05) is 26.4 Å². The van der Waals surface area contributed by atoms with Gasteiger partial charge in [0.15, 0.2) is 12.6 Å². The first-order valence-corrected chi connectivity index (χ1v) is 48.4. The molecule has 17 N–H and O–H groups in total. The van der Waals surface area contributed by atoms with Crippen LogP contribution in [-0.2, 0) is 84.6 Å². The van der Waals surface area contributed by atoms with E-state index >= 15 is 0 Å². The number of unbranched alkanes of at least 4 members (excludes halogenated alkanes) is 1. The normalized spacial score (nSPS) is 22.4. The number of aliphatic hydroxyl groups excluding tert-OH is 4. The molecule has 34 nitrogen and oxygen atoms in total. The third-order valence-corrected chi connectivity index (χ3v) is 24.6. The number of ether oxygens (including phenoxy) is 4. The zero-order valence-electron chi connectivity index (χ0n) is 80.0. The van der Waals surface area contributed by atoms with Crippen LogP contribution in [0.4, 0.5) is 0 Å². The van der Waals surface area contributed by atoms with Crippen molar-refractivity contribution in [3.63, 3.8) is 0 Å². The summed E-state index contributed by atoms with van der Waals surface area (Å²) in [4.78, 5) is 139. The number of phosphoric acid groups is 2. The second kappa shape index (κ2) is 63.5. The topological polar surface area (TPSA) is 524 Å². The summed E-state index contributed by atoms with van der Waals surface area (Å²) in [5.74, 6) is -9.77. The molecule has 7 amide bonds. The Kier molecular flexibility index (Phi) is 57.8. The van der Waals surface area contributed by atoms with Gasteiger partial charge in [0.25, 0.3) is 0 Å². The molecule has 0 bridgehead atoms. The number of allylic oxidation sites excluding steroid dienone is 21. The Bertz CT molecular complexity index is 4070. The van der Waals surface area contributed by atoms with Crippen LogP contribution in [-0.4, -0.2) is 218 Å². The van der Waals surface area contributed by atoms with Crippen LogP contribution in [0.25, 0.3) is 0 Å². The molecule has 2 heterocycles. The highest BCUT2D eigenvalue weighted by molar-refractivity contribution is 7.61. The van der Waals surface area contributed by atoms with Crippen molar-refractivity contribution in [2.45, 2.75) is 383 Å². The van der Waals surface area contributed by atoms with Gasteiger partial charge in [0.1, 0.15) is 85.0 Å². The maximum absolute atomic E-state index is 14.3. The maximum atomic E-state index is 14.3. The van der Waals surface area contributed by atoms with E-state index in [1.54, 1.807) is 6.92 Å². The molecular formula is C94H156N8O26P2. The number of nitrogens with one attached hydrogen (secondary N) is 7. The number of rotatable bonds is 63. The molecule has 0 aromatic carbocycles. The lowest BCUT2D eigenvalue weighted by Gasteiger charge is -2.49. The SMILES string of the molecule is CC(=O)N[C@H]1[C@H](O[C@H]2[C@H](OC(C)C(=O)N[C@@H](C)C(=O)N[C@H](CCC(=O)O)C(=O)N[C@@H](CCCCN)C(=O)N[C@H](C)C(=O)N[C@H](C)C(=O)O)[C@@H](NC(C)=O)C(OP(=O)(O)OP(=O)(O)OC/C=C(\C)CC/C=C(\C)CC/C=C(\C)CC/C=C(\C)CC/C=C(\C)CC/C=C(\C)CC/C=C(\C)CC/C=C(\C)CC/C=C(\C)CC/C=C(\C)CCC=C(C)C)O[C@@H]2CO)O[C@H](CO)[C@@H](O)[C@@H]1O. The van der Waals surface area contributed by atoms with Gasteiger partial charge < -0.3 is 102 Å². The van der Waals surface area contributed by atoms with E-state index < -0.39 is 199 Å². The van der Waals surface area contributed by atoms with Crippen LogP contribution in [0.1, 0.15) is 285 Å². The Morgan fingerprint density at radius 3 is 1.15 bits per heavy atom. The number of carboxylic acid groups (broad SMARTS) is 2. The fourth-order valence-electron chi connectivity index (χ4n) is 14.0. The molecule has 130 heavy (non-hydrogen) atoms. The van der Waals surface area contributed by atoms with Crippen molar-refractivity contribution in [1.82, 2.24) is 37.2 Å². The van der Waals surface area contributed by atoms with Gasteiger partial charge in [0.2, 0.25) is 41.4 Å². The monoisotopic (exact) mass is 1880 g/mol. The van der Waals surface area contributed by atoms with Gasteiger partial charge >= 0.3 is 27.6 Å². The van der Waals surface area contributed by atoms with Crippen LogP contribution in [0.15, 0.2) is 128 Å². The first-order chi connectivity index (χ1) is 61.1. The molecule has 738 valence electrons. The Morgan fingerprint density at radius 1 is 0.408 bits per heavy atom. The molecule has 0 spiro atoms. The number of aliphatic hydroxyl groups is 4. The Hall–Kier alpha value is -7.73. The summed E-state index contributed by atoms with van der Waals surface area (Å²) in [5, 5.41) is 78.4. The molecule has 0 aromatic heterocycles. The van der Waals surface area contributed by atoms with Crippen LogP contribution in [0.3, 0.4) is 0 Å². The number of phosphoric ester groups is 2. The van der Waals surface area contributed by atoms with E-state index in [0.29, 0.717) is 19.3 Å². The average molecular weight is 1880 g/mol. The summed E-state index contributed by atoms with van der Waals surface area (Å²) >= 11 is 0. The molecule has 2 aliphatic heterocycles. The van der Waals surface area contributed by atoms with E-state index in [1.807, 2.05) is 6.92 Å². The minimum atomic E-state index is -5.96. The third kappa shape index (κ3) is 50.4. The van der Waals surface area contributed by atoms with Gasteiger partial charge in [0, 0.05) is 20.3 Å². The second-order valence-electron chi connectivity index (χ2n) is 34.7. The molecule has 2 saturated heterocycles. The summed E-state index contributed by atoms with van der Waals surface area (Å²) in [6.07, 6.45) is 26.6. The minimum absolute atomic E-state index is 0.0820. The molecule has 0 aromatic rings. The molecule has 4 unspecified atom stereocenters. The molecule has 36 heteroatoms. The molecule has 0 radical (unpaired) electrons. The van der Waals surface area contributed by atoms with Crippen LogP contribution >= 0.6 is 15.6 Å². The maximum Gasteiger partial charge on any atom is 0.483 e. The van der Waals surface area contributed by atoms with Gasteiger partial charge in [-0.25, -0.2) is 9.13 Å². The Balaban J connectivity index is 2.12. The van der Waals surface area contributed by atoms with Gasteiger partial charge in [-0.3, -0.25) is 52.2 Å². The highest BCUT2D eigenvalue weighted by Crippen LogP contribution is 2.61. The molecule has 0 aliphatic carbocycles. The van der Waals surface area contributed by atoms with Crippen molar-refractivity contribution in [3.8, 4) is 0 Å². The standard InChI is InChI=1S/C94H156N8O26P2/c1-59(2)31-21-32-60(3)33-22-34-61(4)35-23-36-62(5)37-24-38-63(6)39-25-40-64(7)41-26-42-65(8)43-27-44-66(9)45-28-46-67(10)47-29-48-68(11)49-30-50-69(12)54-56-122-129(118,119)128-130(120,121)127-94-82(100-75(18)106)86(85(79(58-104)125-94)126-93-81(99-74(17)105)84(110)83(109)78(57-103)124-93)123-73(16)89(113)96-71(14)88(112)101-77(52-53-80(107)108)91(115)102-76(51-19-20-55-95)90(114)97-70(13)87(111)98-72(15)92(116)117/h31,33,35,37,39,41,43,45,47,49,54,70-73,76-79,81-86,93-94,103-104,109-110H,19-30,32,34,36,38,40,42,44,46,48,50-53,55-58,95H2,1-18H3,(H,96,113)(H,97,114)(H,98,111)(H,99,105)(H,100,106)(H,101,112)(H,102,115)(H,107,108)(H,116,117)(H,118,119)(H,120,121)/b60-33+,61-35+,62-37+,63-39+,64-41+,65-43+,66-45+,67-47+,68-49+,69-54+/t70-,71+,72-,73?,76+,77-,78-,79-,81-,82-,83-,84-,85-,86-,93+,94?/m1/s1. The van der Waals surface area contributed by atoms with E-state index in [0.717, 1.165) is 154 Å². The van der Waals surface area contributed by atoms with Gasteiger partial charge in [-0.15, -0.1) is 0 Å². The van der Waals surface area contributed by atoms with Gasteiger partial charge in [-0.2, -0.15) is 4.31 Å². The van der Waals surface area contributed by atoms with Crippen LogP contribution in [0.5, 0.6) is 0 Å². The lowest BCUT2D eigenvalue weighted by molar-refractivity contribution is -0.331. The van der Waals surface area contributed by atoms with E-state index in [4.69, 9.17) is 33.7 Å². The highest BCUT2D eigenvalue weighted by Gasteiger charge is 2.55. The minimum Gasteiger partial charge on any atom is -0.481 e. The summed E-state index contributed by atoms with van der Waals surface area (Å²) < 4.78 is 66.5. The number of carbonyl (C=O) groups is 9. The zero-order valence-corrected chi connectivity index (χ0v) is 81.8. The van der Waals surface area contributed by atoms with Crippen LogP contribution in [0, 0.1) is 0 Å². The summed E-state index contributed by atoms with van der Waals surface area (Å²) in [5.41, 5.74) is 20.4. The fraction of sp³-hybridized carbons (Fsp3) is 0.670. The summed E-state index contributed by atoms with van der Waals surface area (Å²) in [6.45, 7) is 30.0. The average Bonchev–Trinajstić information content (AvgIpc) is 0.768. The van der Waals surface area contributed by atoms with Crippen LogP contribution in [0.2, 0.25) is 0 Å². The highest BCUT2D eigenvalue weighted by atomic mass is 31.3. The van der Waals surface area contributed by atoms with E-state index in [1.165, 1.54) is 70.1 Å². The van der Waals surface area contributed by atoms with Gasteiger partial charge in [-0.05, 0) is 271 Å². The second-order valence-corrected chi connectivity index (χ2v) is 37.7. The Morgan fingerprint density at radius 2 is 0.762 bits per heavy atom. The lowest BCUT2D eigenvalue weighted by atomic mass is 9.94. The number of carbonyl (C=O) groups excluding carboxylic acids is 7. The van der Waals surface area contributed by atoms with Crippen molar-refractivity contribution in [3.05, 3.63) is 128 Å². The lowest BCUT2D eigenvalue weighted by Crippen LogP contribution is -2.70. The fourth-order valence-corrected chi connectivity index (χ4v) is 16.1. The van der Waals surface area contributed by atoms with Gasteiger partial charge in [0.05, 0.1) is 19.8 Å². The van der Waals surface area contributed by atoms with E-state index in [-0.39, 0.29) is 19.4 Å². The molecule has 2 fully saturated rings. The predicted octanol–water partition coefficient (Wildman–Crippen LogP) is 12.4. The largest absolute Gasteiger partial charge is 0.483 e. The zero-order chi connectivity index (χ0) is 98.0. The summed E-state index contributed by atoms with van der Waals surface area (Å²) in [6, 6.07) is -11.2. The molecule has 0 saturated carbocycles. The van der Waals surface area contributed by atoms with Crippen molar-refractivity contribution in [2.24, 2.45) is 5.73 Å². The number of hydrogen-bond acceptors (Lipinski definition) is 23. The first kappa shape index (κ1) is 118. The van der Waals surface area contributed by atoms with Crippen molar-refractivity contribution >= 4 is 68.9 Å². The van der Waals surface area contributed by atoms with Crippen molar-refractivity contribution < 1.29 is 125 Å².